The summed E-state index contributed by atoms with van der Waals surface area (Å²) < 4.78 is 2.04. The van der Waals surface area contributed by atoms with Crippen LogP contribution in [-0.4, -0.2) is 14.5 Å². The number of hydrogen-bond donors (Lipinski definition) is 0. The first-order valence-corrected chi connectivity index (χ1v) is 9.11. The summed E-state index contributed by atoms with van der Waals surface area (Å²) in [6.45, 7) is 0. The summed E-state index contributed by atoms with van der Waals surface area (Å²) in [5, 5.41) is 3.86. The smallest absolute Gasteiger partial charge is 0.108 e. The lowest BCUT2D eigenvalue weighted by atomic mass is 10.1. The van der Waals surface area contributed by atoms with Gasteiger partial charge in [-0.25, -0.2) is 4.98 Å². The normalized spacial score (nSPS) is 11.4. The molecule has 0 unspecified atom stereocenters. The van der Waals surface area contributed by atoms with Gasteiger partial charge in [-0.15, -0.1) is 11.3 Å². The fourth-order valence-corrected chi connectivity index (χ4v) is 4.07. The van der Waals surface area contributed by atoms with Crippen LogP contribution in [0.4, 0.5) is 0 Å². The summed E-state index contributed by atoms with van der Waals surface area (Å²) in [6, 6.07) is 18.4. The van der Waals surface area contributed by atoms with E-state index in [1.807, 2.05) is 41.4 Å². The highest BCUT2D eigenvalue weighted by atomic mass is 35.5. The van der Waals surface area contributed by atoms with E-state index in [4.69, 9.17) is 11.6 Å². The molecule has 0 radical (unpaired) electrons. The second-order valence-corrected chi connectivity index (χ2v) is 7.12. The summed E-state index contributed by atoms with van der Waals surface area (Å²) in [4.78, 5) is 10.3. The Balaban J connectivity index is 1.86. The monoisotopic (exact) mass is 361 g/mol. The zero-order chi connectivity index (χ0) is 16.8. The lowest BCUT2D eigenvalue weighted by Crippen LogP contribution is -1.94. The van der Waals surface area contributed by atoms with E-state index in [-0.39, 0.29) is 0 Å². The summed E-state index contributed by atoms with van der Waals surface area (Å²) >= 11 is 8.15. The molecule has 3 aromatic heterocycles. The number of hydrogen-bond acceptors (Lipinski definition) is 3. The molecule has 0 amide bonds. The maximum atomic E-state index is 6.42. The molecule has 2 aromatic carbocycles. The number of pyridine rings is 1. The highest BCUT2D eigenvalue weighted by molar-refractivity contribution is 7.13. The van der Waals surface area contributed by atoms with Crippen LogP contribution in [0.1, 0.15) is 0 Å². The van der Waals surface area contributed by atoms with Gasteiger partial charge in [0.2, 0.25) is 0 Å². The molecule has 5 heteroatoms. The third-order valence-electron chi connectivity index (χ3n) is 4.29. The van der Waals surface area contributed by atoms with Crippen molar-refractivity contribution in [2.75, 3.05) is 0 Å². The number of benzene rings is 2. The van der Waals surface area contributed by atoms with Crippen LogP contribution in [0.3, 0.4) is 0 Å². The van der Waals surface area contributed by atoms with Gasteiger partial charge in [-0.3, -0.25) is 9.55 Å². The number of fused-ring (bicyclic) bond motifs is 3. The molecule has 3 heterocycles. The average Bonchev–Trinajstić information content (AvgIpc) is 3.32. The van der Waals surface area contributed by atoms with Crippen molar-refractivity contribution in [1.29, 1.82) is 0 Å². The first-order valence-electron chi connectivity index (χ1n) is 7.86. The van der Waals surface area contributed by atoms with E-state index in [9.17, 15) is 0 Å². The van der Waals surface area contributed by atoms with Crippen molar-refractivity contribution >= 4 is 44.9 Å². The topological polar surface area (TPSA) is 30.7 Å². The number of thiophene rings is 1. The van der Waals surface area contributed by atoms with Crippen molar-refractivity contribution in [1.82, 2.24) is 14.5 Å². The first-order chi connectivity index (χ1) is 12.3. The van der Waals surface area contributed by atoms with E-state index < -0.39 is 0 Å². The second kappa shape index (κ2) is 5.69. The lowest BCUT2D eigenvalue weighted by molar-refractivity contribution is 1.10. The van der Waals surface area contributed by atoms with Crippen LogP contribution in [0.2, 0.25) is 5.02 Å². The fraction of sp³-hybridized carbons (Fsp3) is 0. The van der Waals surface area contributed by atoms with E-state index in [0.29, 0.717) is 5.02 Å². The van der Waals surface area contributed by atoms with E-state index in [1.165, 1.54) is 10.4 Å². The van der Waals surface area contributed by atoms with Crippen molar-refractivity contribution in [3.63, 3.8) is 0 Å². The molecule has 0 aliphatic carbocycles. The minimum atomic E-state index is 0.696. The minimum absolute atomic E-state index is 0.696. The Hall–Kier alpha value is -2.69. The van der Waals surface area contributed by atoms with Crippen LogP contribution in [-0.2, 0) is 0 Å². The molecule has 0 bridgehead atoms. The largest absolute Gasteiger partial charge is 0.297 e. The van der Waals surface area contributed by atoms with E-state index >= 15 is 0 Å². The third kappa shape index (κ3) is 2.34. The molecule has 0 N–H and O–H groups in total. The Bertz CT molecular complexity index is 1210. The highest BCUT2D eigenvalue weighted by Gasteiger charge is 2.12. The van der Waals surface area contributed by atoms with Crippen molar-refractivity contribution in [2.24, 2.45) is 0 Å². The van der Waals surface area contributed by atoms with Crippen LogP contribution >= 0.6 is 22.9 Å². The molecule has 5 aromatic rings. The van der Waals surface area contributed by atoms with Gasteiger partial charge in [-0.05, 0) is 41.3 Å². The Morgan fingerprint density at radius 2 is 1.84 bits per heavy atom. The molecule has 0 fully saturated rings. The molecule has 0 aliphatic rings. The zero-order valence-electron chi connectivity index (χ0n) is 13.1. The molecule has 3 nitrogen and oxygen atoms in total. The van der Waals surface area contributed by atoms with Crippen LogP contribution < -0.4 is 0 Å². The van der Waals surface area contributed by atoms with Gasteiger partial charge in [-0.2, -0.15) is 0 Å². The first kappa shape index (κ1) is 14.6. The van der Waals surface area contributed by atoms with Crippen LogP contribution in [0.5, 0.6) is 0 Å². The van der Waals surface area contributed by atoms with Crippen LogP contribution in [0, 0.1) is 0 Å². The second-order valence-electron chi connectivity index (χ2n) is 5.77. The highest BCUT2D eigenvalue weighted by Crippen LogP contribution is 2.32. The van der Waals surface area contributed by atoms with Gasteiger partial charge in [-0.1, -0.05) is 35.9 Å². The number of halogens is 1. The van der Waals surface area contributed by atoms with Gasteiger partial charge in [0.1, 0.15) is 11.8 Å². The maximum Gasteiger partial charge on any atom is 0.108 e. The Labute approximate surface area is 153 Å². The molecule has 0 aliphatic heterocycles. The number of para-hydroxylation sites is 1. The maximum absolute atomic E-state index is 6.42. The SMILES string of the molecule is Clc1ccccc1-n1cnc2cnc3ccc(-c4cccs4)cc3c21. The van der Waals surface area contributed by atoms with E-state index in [2.05, 4.69) is 45.7 Å². The molecule has 0 atom stereocenters. The summed E-state index contributed by atoms with van der Waals surface area (Å²) in [6.07, 6.45) is 3.63. The number of rotatable bonds is 2. The zero-order valence-corrected chi connectivity index (χ0v) is 14.6. The number of nitrogens with zero attached hydrogens (tertiary/aromatic N) is 3. The van der Waals surface area contributed by atoms with Gasteiger partial charge in [0, 0.05) is 10.3 Å². The van der Waals surface area contributed by atoms with Crippen molar-refractivity contribution in [3.05, 3.63) is 77.5 Å². The molecular weight excluding hydrogens is 350 g/mol. The predicted octanol–water partition coefficient (Wildman–Crippen LogP) is 5.96. The van der Waals surface area contributed by atoms with Crippen LogP contribution in [0.25, 0.3) is 38.1 Å². The Morgan fingerprint density at radius 1 is 0.920 bits per heavy atom. The molecule has 5 rings (SSSR count). The van der Waals surface area contributed by atoms with Gasteiger partial charge in [0.25, 0.3) is 0 Å². The molecular formula is C20H12ClN3S. The standard InChI is InChI=1S/C20H12ClN3S/c21-15-4-1-2-5-18(15)24-12-23-17-11-22-16-8-7-13(10-14(16)20(17)24)19-6-3-9-25-19/h1-12H. The van der Waals surface area contributed by atoms with Crippen molar-refractivity contribution < 1.29 is 0 Å². The van der Waals surface area contributed by atoms with Gasteiger partial charge < -0.3 is 0 Å². The van der Waals surface area contributed by atoms with Crippen molar-refractivity contribution in [3.8, 4) is 16.1 Å². The van der Waals surface area contributed by atoms with Crippen LogP contribution in [0.15, 0.2) is 72.5 Å². The summed E-state index contributed by atoms with van der Waals surface area (Å²) in [5.41, 5.74) is 4.93. The van der Waals surface area contributed by atoms with Crippen molar-refractivity contribution in [2.45, 2.75) is 0 Å². The number of aromatic nitrogens is 3. The molecule has 0 saturated heterocycles. The van der Waals surface area contributed by atoms with E-state index in [0.717, 1.165) is 27.6 Å². The summed E-state index contributed by atoms with van der Waals surface area (Å²) in [5.74, 6) is 0. The molecule has 25 heavy (non-hydrogen) atoms. The number of imidazole rings is 1. The minimum Gasteiger partial charge on any atom is -0.297 e. The quantitative estimate of drug-likeness (QED) is 0.388. The molecule has 120 valence electrons. The van der Waals surface area contributed by atoms with Gasteiger partial charge in [0.15, 0.2) is 0 Å². The van der Waals surface area contributed by atoms with Gasteiger partial charge >= 0.3 is 0 Å². The predicted molar refractivity (Wildman–Crippen MR) is 105 cm³/mol. The summed E-state index contributed by atoms with van der Waals surface area (Å²) in [7, 11) is 0. The Morgan fingerprint density at radius 3 is 2.68 bits per heavy atom. The Kier molecular flexibility index (Phi) is 3.33. The average molecular weight is 362 g/mol. The van der Waals surface area contributed by atoms with E-state index in [1.54, 1.807) is 11.3 Å². The lowest BCUT2D eigenvalue weighted by Gasteiger charge is -2.09. The third-order valence-corrected chi connectivity index (χ3v) is 5.53. The molecule has 0 saturated carbocycles. The van der Waals surface area contributed by atoms with Gasteiger partial charge in [0.05, 0.1) is 27.9 Å². The fourth-order valence-electron chi connectivity index (χ4n) is 3.12. The molecule has 0 spiro atoms.